The molecule has 4 atom stereocenters. The number of hydrogen-bond acceptors (Lipinski definition) is 13. The Labute approximate surface area is 585 Å². The van der Waals surface area contributed by atoms with Crippen LogP contribution in [0.3, 0.4) is 0 Å². The van der Waals surface area contributed by atoms with E-state index in [1.165, 1.54) is 4.57 Å². The molecule has 2 fully saturated rings. The Bertz CT molecular complexity index is 3800. The zero-order valence-electron chi connectivity index (χ0n) is 60.7. The molecule has 0 spiro atoms. The number of rotatable bonds is 29. The molecule has 16 nitrogen and oxygen atoms in total. The van der Waals surface area contributed by atoms with Gasteiger partial charge in [0.25, 0.3) is 11.1 Å². The van der Waals surface area contributed by atoms with E-state index in [9.17, 15) is 33.9 Å². The summed E-state index contributed by atoms with van der Waals surface area (Å²) in [5.74, 6) is -4.47. The SMILES string of the molecule is CCOC(=O)C[C@H](CC(=O)C(CC(C)C)n1cc(CCN2CC(OC)C2)c(C)cc1=O)c1cc(-c2c(C)cc(C)cc2C)cc(C)c1F.COC1CN(CCc2cn(C(CC(C)C)C(=O)C[C@@H](CC(=O)O)c3cc(-c4c(C)cc(C)cc4C)cc(C)c3F)c(=O)cc2C)C1.[Li+].[OH-].[OH-]. The number of Topliss-reactive ketones (excluding diaryl/α,β-unsaturated/α-hetero) is 2. The predicted molar refractivity (Wildman–Crippen MR) is 373 cm³/mol. The van der Waals surface area contributed by atoms with E-state index < -0.39 is 53.9 Å². The molecule has 4 aromatic carbocycles. The number of aryl methyl sites for hydroxylation is 10. The second kappa shape index (κ2) is 36.9. The number of likely N-dealkylation sites (tertiary alicyclic amines) is 2. The first-order chi connectivity index (χ1) is 44.4. The van der Waals surface area contributed by atoms with Gasteiger partial charge in [-0.05, 0) is 227 Å². The molecular formula is C78H104F2LiN4O12-. The number of ether oxygens (including phenoxy) is 3. The number of nitrogens with zero attached hydrogens (tertiary/aromatic N) is 4. The fraction of sp³-hybridized carbons (Fsp3) is 0.513. The van der Waals surface area contributed by atoms with Gasteiger partial charge in [-0.2, -0.15) is 0 Å². The minimum absolute atomic E-state index is 0. The summed E-state index contributed by atoms with van der Waals surface area (Å²) in [7, 11) is 3.44. The van der Waals surface area contributed by atoms with Crippen LogP contribution in [0.4, 0.5) is 8.78 Å². The molecule has 0 aliphatic carbocycles. The number of carboxylic acids is 1. The number of methoxy groups -OCH3 is 2. The van der Waals surface area contributed by atoms with Gasteiger partial charge in [0, 0.05) is 103 Å². The third-order valence-electron chi connectivity index (χ3n) is 18.9. The number of halogens is 2. The van der Waals surface area contributed by atoms with E-state index in [0.29, 0.717) is 29.5 Å². The monoisotopic (exact) mass is 1330 g/mol. The van der Waals surface area contributed by atoms with Crippen LogP contribution < -0.4 is 30.0 Å². The van der Waals surface area contributed by atoms with Gasteiger partial charge in [-0.3, -0.25) is 38.6 Å². The molecule has 524 valence electrons. The van der Waals surface area contributed by atoms with E-state index in [1.54, 1.807) is 76.1 Å². The minimum Gasteiger partial charge on any atom is -0.870 e. The number of esters is 1. The maximum atomic E-state index is 16.1. The fourth-order valence-corrected chi connectivity index (χ4v) is 14.1. The van der Waals surface area contributed by atoms with Gasteiger partial charge >= 0.3 is 30.8 Å². The summed E-state index contributed by atoms with van der Waals surface area (Å²) >= 11 is 0. The molecule has 2 aliphatic rings. The zero-order chi connectivity index (χ0) is 69.2. The van der Waals surface area contributed by atoms with E-state index in [1.807, 2.05) is 95.3 Å². The van der Waals surface area contributed by atoms with Crippen LogP contribution in [0, 0.1) is 92.7 Å². The molecule has 2 unspecified atom stereocenters. The van der Waals surface area contributed by atoms with Crippen LogP contribution in [0.1, 0.15) is 175 Å². The fourth-order valence-electron chi connectivity index (χ4n) is 14.1. The Kier molecular flexibility index (Phi) is 31.5. The van der Waals surface area contributed by atoms with Crippen molar-refractivity contribution in [2.45, 2.75) is 191 Å². The topological polar surface area (TPSA) is 227 Å². The second-order valence-electron chi connectivity index (χ2n) is 27.8. The summed E-state index contributed by atoms with van der Waals surface area (Å²) in [6.45, 7) is 34.5. The van der Waals surface area contributed by atoms with E-state index in [0.717, 1.165) is 130 Å². The maximum absolute atomic E-state index is 16.1. The number of pyridine rings is 2. The Morgan fingerprint density at radius 3 is 1.19 bits per heavy atom. The van der Waals surface area contributed by atoms with Crippen molar-refractivity contribution < 1.29 is 77.1 Å². The largest absolute Gasteiger partial charge is 1.00 e. The van der Waals surface area contributed by atoms with Crippen molar-refractivity contribution in [2.24, 2.45) is 11.8 Å². The Hall–Kier alpha value is -6.72. The van der Waals surface area contributed by atoms with Crippen molar-refractivity contribution in [1.29, 1.82) is 0 Å². The van der Waals surface area contributed by atoms with Crippen molar-refractivity contribution in [2.75, 3.05) is 60.1 Å². The third kappa shape index (κ3) is 21.4. The number of ketones is 2. The van der Waals surface area contributed by atoms with E-state index in [-0.39, 0.29) is 108 Å². The Balaban J connectivity index is 0.000000400. The number of carbonyl (C=O) groups excluding carboxylic acids is 3. The molecule has 19 heteroatoms. The van der Waals surface area contributed by atoms with Crippen molar-refractivity contribution in [1.82, 2.24) is 18.9 Å². The number of benzene rings is 4. The molecule has 6 aromatic rings. The van der Waals surface area contributed by atoms with Crippen molar-refractivity contribution >= 4 is 23.5 Å². The maximum Gasteiger partial charge on any atom is 1.00 e. The van der Waals surface area contributed by atoms with E-state index >= 15 is 8.78 Å². The Morgan fingerprint density at radius 2 is 0.866 bits per heavy atom. The minimum atomic E-state index is -1.11. The van der Waals surface area contributed by atoms with Crippen LogP contribution in [0.25, 0.3) is 22.3 Å². The van der Waals surface area contributed by atoms with Crippen molar-refractivity contribution in [3.8, 4) is 22.3 Å². The van der Waals surface area contributed by atoms with Gasteiger partial charge in [0.15, 0.2) is 11.6 Å². The van der Waals surface area contributed by atoms with Gasteiger partial charge < -0.3 is 39.4 Å². The molecule has 2 aromatic heterocycles. The molecule has 0 bridgehead atoms. The molecule has 2 saturated heterocycles. The summed E-state index contributed by atoms with van der Waals surface area (Å²) in [6.07, 6.45) is 5.61. The first kappa shape index (κ1) is 82.7. The Morgan fingerprint density at radius 1 is 0.515 bits per heavy atom. The van der Waals surface area contributed by atoms with Crippen LogP contribution >= 0.6 is 0 Å². The number of carboxylic acid groups (broad SMARTS) is 1. The molecule has 3 N–H and O–H groups in total. The van der Waals surface area contributed by atoms with Gasteiger partial charge in [0.2, 0.25) is 0 Å². The molecule has 97 heavy (non-hydrogen) atoms. The molecule has 8 rings (SSSR count). The number of aromatic nitrogens is 2. The summed E-state index contributed by atoms with van der Waals surface area (Å²) in [6, 6.07) is 17.1. The first-order valence-corrected chi connectivity index (χ1v) is 33.5. The standard InChI is InChI=1S/C40H53FN2O5.C38H49FN2O5.Li.2H2O/c1-10-48-38(46)20-31(34-18-32(16-29(8)40(34)41)39-27(6)14-25(4)15-28(39)7)19-36(44)35(13-24(2)3)43-21-30(26(5)17-37(43)45)11-12-42-22-33(23-42)47-9;1-22(2)11-33(41-19-28(24(4)15-35(41)43)9-10-40-20-31(21-40)46-8)34(42)17-29(18-36(44)45)32-16-30(14-27(7)38(32)39)37-25(5)12-23(3)13-26(37)6;;;/h14-18,21,24,31,33,35H,10-13,19-20,22-23H2,1-9H3;12-16,19,22,29,31,33H,9-11,17-18,20-21H2,1-8H3,(H,44,45);;2*1H2/q;;+1;;/p-2/t31-,35?;29-,33?;;;/m00.../s1. The quantitative estimate of drug-likeness (QED) is 0.0340. The van der Waals surface area contributed by atoms with E-state index in [4.69, 9.17) is 14.2 Å². The average Bonchev–Trinajstić information content (AvgIpc) is 0.794. The second-order valence-corrected chi connectivity index (χ2v) is 27.8. The number of hydrogen-bond donors (Lipinski definition) is 1. The summed E-state index contributed by atoms with van der Waals surface area (Å²) < 4.78 is 51.1. The molecular weight excluding hydrogens is 1230 g/mol. The van der Waals surface area contributed by atoms with Crippen molar-refractivity contribution in [3.63, 3.8) is 0 Å². The smallest absolute Gasteiger partial charge is 0.870 e. The van der Waals surface area contributed by atoms with Gasteiger partial charge in [-0.15, -0.1) is 0 Å². The zero-order valence-corrected chi connectivity index (χ0v) is 60.7. The normalized spacial score (nSPS) is 14.6. The number of aliphatic carboxylic acids is 1. The first-order valence-electron chi connectivity index (χ1n) is 33.5. The van der Waals surface area contributed by atoms with Crippen LogP contribution in [-0.2, 0) is 46.2 Å². The molecule has 2 aliphatic heterocycles. The molecule has 0 saturated carbocycles. The van der Waals surface area contributed by atoms with Gasteiger partial charge in [-0.1, -0.05) is 63.1 Å². The van der Waals surface area contributed by atoms with Gasteiger partial charge in [0.1, 0.15) is 11.6 Å². The number of carbonyl (C=O) groups is 4. The summed E-state index contributed by atoms with van der Waals surface area (Å²) in [4.78, 5) is 85.0. The van der Waals surface area contributed by atoms with Gasteiger partial charge in [-0.25, -0.2) is 8.78 Å². The summed E-state index contributed by atoms with van der Waals surface area (Å²) in [5, 5.41) is 9.90. The third-order valence-corrected chi connectivity index (χ3v) is 18.9. The van der Waals surface area contributed by atoms with Crippen LogP contribution in [0.5, 0.6) is 0 Å². The van der Waals surface area contributed by atoms with E-state index in [2.05, 4.69) is 34.1 Å². The van der Waals surface area contributed by atoms with Gasteiger partial charge in [0.05, 0.1) is 43.7 Å². The summed E-state index contributed by atoms with van der Waals surface area (Å²) in [5.41, 5.74) is 14.7. The van der Waals surface area contributed by atoms with Crippen LogP contribution in [0.15, 0.2) is 82.6 Å². The molecule has 0 radical (unpaired) electrons. The molecule has 4 heterocycles. The van der Waals surface area contributed by atoms with Crippen LogP contribution in [0.2, 0.25) is 0 Å². The molecule has 0 amide bonds. The average molecular weight is 1330 g/mol. The van der Waals surface area contributed by atoms with Crippen molar-refractivity contribution in [3.05, 3.63) is 183 Å². The predicted octanol–water partition coefficient (Wildman–Crippen LogP) is 10.9. The van der Waals surface area contributed by atoms with Crippen LogP contribution in [-0.4, -0.2) is 131 Å².